The van der Waals surface area contributed by atoms with Crippen LogP contribution in [-0.4, -0.2) is 5.71 Å². The lowest BCUT2D eigenvalue weighted by molar-refractivity contribution is 1.42. The second kappa shape index (κ2) is 5.47. The van der Waals surface area contributed by atoms with Gasteiger partial charge in [0.15, 0.2) is 0 Å². The van der Waals surface area contributed by atoms with Crippen LogP contribution in [0.4, 0.5) is 0 Å². The Kier molecular flexibility index (Phi) is 4.27. The molecule has 0 atom stereocenters. The lowest BCUT2D eigenvalue weighted by atomic mass is 10.0. The number of nitrogens with one attached hydrogen (secondary N) is 1. The van der Waals surface area contributed by atoms with Gasteiger partial charge in [-0.15, -0.1) is 12.4 Å². The number of aryl methyl sites for hydroxylation is 1. The maximum absolute atomic E-state index is 8.04. The highest BCUT2D eigenvalue weighted by molar-refractivity contribution is 6.10. The fourth-order valence-corrected chi connectivity index (χ4v) is 1.49. The summed E-state index contributed by atoms with van der Waals surface area (Å²) in [7, 11) is 0. The van der Waals surface area contributed by atoms with Gasteiger partial charge in [-0.1, -0.05) is 60.2 Å². The minimum atomic E-state index is 0. The van der Waals surface area contributed by atoms with Gasteiger partial charge in [0.2, 0.25) is 0 Å². The molecule has 0 aliphatic carbocycles. The van der Waals surface area contributed by atoms with Crippen LogP contribution in [0.15, 0.2) is 54.6 Å². The van der Waals surface area contributed by atoms with E-state index in [0.29, 0.717) is 5.71 Å². The van der Waals surface area contributed by atoms with Crippen molar-refractivity contribution in [3.63, 3.8) is 0 Å². The summed E-state index contributed by atoms with van der Waals surface area (Å²) in [6, 6.07) is 17.8. The Morgan fingerprint density at radius 2 is 1.31 bits per heavy atom. The molecule has 2 rings (SSSR count). The van der Waals surface area contributed by atoms with Crippen LogP contribution in [0.1, 0.15) is 16.7 Å². The summed E-state index contributed by atoms with van der Waals surface area (Å²) in [5.74, 6) is 0. The van der Waals surface area contributed by atoms with E-state index in [1.165, 1.54) is 5.56 Å². The van der Waals surface area contributed by atoms with Gasteiger partial charge < -0.3 is 0 Å². The average Bonchev–Trinajstić information content (AvgIpc) is 2.30. The number of rotatable bonds is 2. The molecule has 82 valence electrons. The Bertz CT molecular complexity index is 460. The van der Waals surface area contributed by atoms with E-state index < -0.39 is 0 Å². The normalized spacial score (nSPS) is 9.31. The first-order valence-electron chi connectivity index (χ1n) is 4.98. The minimum absolute atomic E-state index is 0. The maximum Gasteiger partial charge on any atom is 0.0684 e. The van der Waals surface area contributed by atoms with Gasteiger partial charge in [-0.3, -0.25) is 5.41 Å². The number of hydrogen-bond acceptors (Lipinski definition) is 1. The highest BCUT2D eigenvalue weighted by Crippen LogP contribution is 2.10. The van der Waals surface area contributed by atoms with Gasteiger partial charge in [-0.05, 0) is 12.5 Å². The molecule has 0 heterocycles. The third-order valence-electron chi connectivity index (χ3n) is 2.40. The van der Waals surface area contributed by atoms with Crippen molar-refractivity contribution in [2.24, 2.45) is 0 Å². The first-order chi connectivity index (χ1) is 7.27. The molecule has 1 nitrogen and oxygen atoms in total. The summed E-state index contributed by atoms with van der Waals surface area (Å²) in [4.78, 5) is 0. The van der Waals surface area contributed by atoms with Gasteiger partial charge in [0.1, 0.15) is 0 Å². The molecule has 2 aromatic carbocycles. The van der Waals surface area contributed by atoms with E-state index in [1.54, 1.807) is 0 Å². The zero-order chi connectivity index (χ0) is 10.7. The Balaban J connectivity index is 0.00000128. The summed E-state index contributed by atoms with van der Waals surface area (Å²) in [5, 5.41) is 8.04. The minimum Gasteiger partial charge on any atom is -0.300 e. The van der Waals surface area contributed by atoms with Gasteiger partial charge >= 0.3 is 0 Å². The quantitative estimate of drug-likeness (QED) is 0.760. The summed E-state index contributed by atoms with van der Waals surface area (Å²) in [6.07, 6.45) is 0. The molecule has 0 radical (unpaired) electrons. The Morgan fingerprint density at radius 3 is 1.88 bits per heavy atom. The summed E-state index contributed by atoms with van der Waals surface area (Å²) >= 11 is 0. The van der Waals surface area contributed by atoms with Crippen LogP contribution >= 0.6 is 12.4 Å². The molecule has 0 saturated heterocycles. The summed E-state index contributed by atoms with van der Waals surface area (Å²) in [5.41, 5.74) is 3.73. The van der Waals surface area contributed by atoms with Gasteiger partial charge in [-0.2, -0.15) is 0 Å². The highest BCUT2D eigenvalue weighted by Gasteiger charge is 2.02. The molecular formula is C14H14ClN. The van der Waals surface area contributed by atoms with Crippen molar-refractivity contribution in [2.75, 3.05) is 0 Å². The lowest BCUT2D eigenvalue weighted by Gasteiger charge is -2.04. The van der Waals surface area contributed by atoms with E-state index in [1.807, 2.05) is 54.6 Å². The van der Waals surface area contributed by atoms with E-state index in [0.717, 1.165) is 11.1 Å². The first-order valence-corrected chi connectivity index (χ1v) is 4.98. The molecule has 0 spiro atoms. The molecule has 0 saturated carbocycles. The molecule has 0 amide bonds. The molecule has 0 aliphatic rings. The van der Waals surface area contributed by atoms with E-state index in [4.69, 9.17) is 5.41 Å². The number of hydrogen-bond donors (Lipinski definition) is 1. The van der Waals surface area contributed by atoms with Gasteiger partial charge in [-0.25, -0.2) is 0 Å². The molecule has 0 unspecified atom stereocenters. The smallest absolute Gasteiger partial charge is 0.0684 e. The summed E-state index contributed by atoms with van der Waals surface area (Å²) in [6.45, 7) is 2.05. The topological polar surface area (TPSA) is 23.9 Å². The van der Waals surface area contributed by atoms with Crippen molar-refractivity contribution >= 4 is 18.1 Å². The van der Waals surface area contributed by atoms with Gasteiger partial charge in [0.05, 0.1) is 5.71 Å². The maximum atomic E-state index is 8.04. The van der Waals surface area contributed by atoms with E-state index in [9.17, 15) is 0 Å². The van der Waals surface area contributed by atoms with E-state index in [2.05, 4.69) is 6.92 Å². The van der Waals surface area contributed by atoms with Crippen LogP contribution in [0, 0.1) is 12.3 Å². The zero-order valence-corrected chi connectivity index (χ0v) is 9.92. The summed E-state index contributed by atoms with van der Waals surface area (Å²) < 4.78 is 0. The van der Waals surface area contributed by atoms with Gasteiger partial charge in [0, 0.05) is 5.56 Å². The lowest BCUT2D eigenvalue weighted by Crippen LogP contribution is -2.00. The van der Waals surface area contributed by atoms with Crippen LogP contribution in [0.2, 0.25) is 0 Å². The van der Waals surface area contributed by atoms with Crippen LogP contribution in [0.5, 0.6) is 0 Å². The van der Waals surface area contributed by atoms with Crippen molar-refractivity contribution in [1.82, 2.24) is 0 Å². The third kappa shape index (κ3) is 2.71. The Labute approximate surface area is 102 Å². The molecule has 0 fully saturated rings. The Hall–Kier alpha value is -1.60. The number of halogens is 1. The molecule has 2 aromatic rings. The van der Waals surface area contributed by atoms with E-state index in [-0.39, 0.29) is 12.4 Å². The molecule has 0 bridgehead atoms. The van der Waals surface area contributed by atoms with Gasteiger partial charge in [0.25, 0.3) is 0 Å². The van der Waals surface area contributed by atoms with Crippen LogP contribution in [0.3, 0.4) is 0 Å². The van der Waals surface area contributed by atoms with Crippen molar-refractivity contribution in [3.05, 3.63) is 71.3 Å². The van der Waals surface area contributed by atoms with Crippen LogP contribution in [-0.2, 0) is 0 Å². The standard InChI is InChI=1S/C14H13N.ClH/c1-11-7-9-13(10-8-11)14(15)12-5-3-2-4-6-12;/h2-10,15H,1H3;1H. The Morgan fingerprint density at radius 1 is 0.812 bits per heavy atom. The molecule has 2 heteroatoms. The predicted octanol–water partition coefficient (Wildman–Crippen LogP) is 3.83. The van der Waals surface area contributed by atoms with Crippen molar-refractivity contribution in [1.29, 1.82) is 5.41 Å². The third-order valence-corrected chi connectivity index (χ3v) is 2.40. The van der Waals surface area contributed by atoms with E-state index >= 15 is 0 Å². The van der Waals surface area contributed by atoms with Crippen molar-refractivity contribution < 1.29 is 0 Å². The van der Waals surface area contributed by atoms with Crippen LogP contribution < -0.4 is 0 Å². The number of benzene rings is 2. The molecular weight excluding hydrogens is 218 g/mol. The van der Waals surface area contributed by atoms with Crippen LogP contribution in [0.25, 0.3) is 0 Å². The fourth-order valence-electron chi connectivity index (χ4n) is 1.49. The van der Waals surface area contributed by atoms with Crippen molar-refractivity contribution in [2.45, 2.75) is 6.92 Å². The predicted molar refractivity (Wildman–Crippen MR) is 70.8 cm³/mol. The SMILES string of the molecule is Cc1ccc(C(=N)c2ccccc2)cc1.Cl. The molecule has 16 heavy (non-hydrogen) atoms. The highest BCUT2D eigenvalue weighted by atomic mass is 35.5. The molecule has 0 aromatic heterocycles. The second-order valence-corrected chi connectivity index (χ2v) is 3.61. The molecule has 1 N–H and O–H groups in total. The first kappa shape index (κ1) is 12.5. The fraction of sp³-hybridized carbons (Fsp3) is 0.0714. The molecule has 0 aliphatic heterocycles. The average molecular weight is 232 g/mol. The second-order valence-electron chi connectivity index (χ2n) is 3.61. The van der Waals surface area contributed by atoms with Crippen molar-refractivity contribution in [3.8, 4) is 0 Å². The zero-order valence-electron chi connectivity index (χ0n) is 9.10. The monoisotopic (exact) mass is 231 g/mol. The largest absolute Gasteiger partial charge is 0.300 e.